The van der Waals surface area contributed by atoms with E-state index in [4.69, 9.17) is 4.78 Å². The summed E-state index contributed by atoms with van der Waals surface area (Å²) in [4.78, 5) is 10.7. The molecule has 0 rings (SSSR count). The molecule has 0 aliphatic carbocycles. The highest BCUT2D eigenvalue weighted by molar-refractivity contribution is 7.90. The highest BCUT2D eigenvalue weighted by Gasteiger charge is 2.08. The van der Waals surface area contributed by atoms with Crippen LogP contribution >= 0.6 is 0 Å². The van der Waals surface area contributed by atoms with Gasteiger partial charge in [0.05, 0.1) is 0 Å². The molecule has 0 radical (unpaired) electrons. The minimum atomic E-state index is -2.87. The Morgan fingerprint density at radius 3 is 2.10 bits per heavy atom. The summed E-state index contributed by atoms with van der Waals surface area (Å²) in [6, 6.07) is 0. The van der Waals surface area contributed by atoms with E-state index < -0.39 is 9.92 Å². The number of carbonyl (C=O) groups is 1. The fourth-order valence-corrected chi connectivity index (χ4v) is 0.929. The lowest BCUT2D eigenvalue weighted by Gasteiger charge is -2.05. The van der Waals surface area contributed by atoms with Crippen molar-refractivity contribution in [1.29, 1.82) is 4.78 Å². The lowest BCUT2D eigenvalue weighted by atomic mass is 10.2. The molecular formula is C5H12N2O2S. The average Bonchev–Trinajstić information content (AvgIpc) is 1.60. The van der Waals surface area contributed by atoms with Gasteiger partial charge in [-0.1, -0.05) is 13.8 Å². The first-order valence-corrected chi connectivity index (χ1v) is 4.85. The fraction of sp³-hybridized carbons (Fsp3) is 0.800. The SMILES string of the molecule is CC(C)C(=O)NS(C)(=N)=O. The van der Waals surface area contributed by atoms with Crippen molar-refractivity contribution in [2.75, 3.05) is 6.26 Å². The molecule has 1 amide bonds. The van der Waals surface area contributed by atoms with Gasteiger partial charge in [0.25, 0.3) is 0 Å². The Bertz CT molecular complexity index is 218. The van der Waals surface area contributed by atoms with Crippen LogP contribution in [0.3, 0.4) is 0 Å². The summed E-state index contributed by atoms with van der Waals surface area (Å²) in [6.45, 7) is 3.36. The van der Waals surface area contributed by atoms with Crippen molar-refractivity contribution in [1.82, 2.24) is 4.72 Å². The smallest absolute Gasteiger partial charge is 0.234 e. The van der Waals surface area contributed by atoms with Gasteiger partial charge < -0.3 is 0 Å². The van der Waals surface area contributed by atoms with E-state index in [-0.39, 0.29) is 11.8 Å². The summed E-state index contributed by atoms with van der Waals surface area (Å²) in [5, 5.41) is 0. The van der Waals surface area contributed by atoms with E-state index in [1.165, 1.54) is 6.26 Å². The highest BCUT2D eigenvalue weighted by Crippen LogP contribution is 1.91. The van der Waals surface area contributed by atoms with Gasteiger partial charge in [-0.15, -0.1) is 0 Å². The molecule has 0 bridgehead atoms. The number of nitrogens with one attached hydrogen (secondary N) is 2. The highest BCUT2D eigenvalue weighted by atomic mass is 32.2. The minimum absolute atomic E-state index is 0.217. The summed E-state index contributed by atoms with van der Waals surface area (Å²) in [6.07, 6.45) is 1.17. The number of hydrogen-bond donors (Lipinski definition) is 2. The van der Waals surface area contributed by atoms with Crippen LogP contribution in [-0.4, -0.2) is 16.4 Å². The van der Waals surface area contributed by atoms with Crippen molar-refractivity contribution in [3.63, 3.8) is 0 Å². The average molecular weight is 164 g/mol. The molecule has 0 aromatic rings. The van der Waals surface area contributed by atoms with Crippen molar-refractivity contribution in [2.45, 2.75) is 13.8 Å². The van der Waals surface area contributed by atoms with E-state index in [9.17, 15) is 9.00 Å². The van der Waals surface area contributed by atoms with Crippen molar-refractivity contribution in [3.05, 3.63) is 0 Å². The molecule has 2 N–H and O–H groups in total. The maximum Gasteiger partial charge on any atom is 0.234 e. The zero-order valence-electron chi connectivity index (χ0n) is 6.30. The summed E-state index contributed by atoms with van der Waals surface area (Å²) in [7, 11) is -2.87. The summed E-state index contributed by atoms with van der Waals surface area (Å²) in [5.74, 6) is -0.561. The lowest BCUT2D eigenvalue weighted by Crippen LogP contribution is -2.31. The van der Waals surface area contributed by atoms with Crippen LogP contribution in [0.2, 0.25) is 0 Å². The molecule has 1 atom stereocenters. The molecule has 4 nitrogen and oxygen atoms in total. The van der Waals surface area contributed by atoms with Gasteiger partial charge in [-0.3, -0.25) is 9.52 Å². The predicted octanol–water partition coefficient (Wildman–Crippen LogP) is 0.350. The maximum atomic E-state index is 10.7. The maximum absolute atomic E-state index is 10.7. The van der Waals surface area contributed by atoms with Gasteiger partial charge in [-0.2, -0.15) is 0 Å². The molecule has 0 saturated heterocycles. The Morgan fingerprint density at radius 1 is 1.60 bits per heavy atom. The molecular weight excluding hydrogens is 152 g/mol. The van der Waals surface area contributed by atoms with E-state index in [1.54, 1.807) is 13.8 Å². The second kappa shape index (κ2) is 3.01. The van der Waals surface area contributed by atoms with Crippen LogP contribution in [0.5, 0.6) is 0 Å². The summed E-state index contributed by atoms with van der Waals surface area (Å²) >= 11 is 0. The van der Waals surface area contributed by atoms with Crippen molar-refractivity contribution in [3.8, 4) is 0 Å². The Kier molecular flexibility index (Phi) is 2.83. The van der Waals surface area contributed by atoms with Gasteiger partial charge in [0.15, 0.2) is 0 Å². The molecule has 60 valence electrons. The predicted molar refractivity (Wildman–Crippen MR) is 39.8 cm³/mol. The van der Waals surface area contributed by atoms with Crippen LogP contribution in [0.4, 0.5) is 0 Å². The monoisotopic (exact) mass is 164 g/mol. The van der Waals surface area contributed by atoms with Crippen LogP contribution < -0.4 is 4.72 Å². The van der Waals surface area contributed by atoms with Crippen molar-refractivity contribution < 1.29 is 9.00 Å². The molecule has 0 fully saturated rings. The van der Waals surface area contributed by atoms with Gasteiger partial charge in [-0.25, -0.2) is 8.99 Å². The van der Waals surface area contributed by atoms with Gasteiger partial charge in [0.2, 0.25) is 5.91 Å². The topological polar surface area (TPSA) is 70.0 Å². The van der Waals surface area contributed by atoms with E-state index in [0.717, 1.165) is 0 Å². The number of carbonyl (C=O) groups excluding carboxylic acids is 1. The standard InChI is InChI=1S/C5H12N2O2S/c1-4(2)5(8)7-10(3,6)9/h4H,1-3H3,(H2,6,7,8,9). The molecule has 5 heteroatoms. The van der Waals surface area contributed by atoms with Crippen molar-refractivity contribution in [2.24, 2.45) is 5.92 Å². The van der Waals surface area contributed by atoms with Gasteiger partial charge in [-0.05, 0) is 0 Å². The molecule has 0 aliphatic heterocycles. The first kappa shape index (κ1) is 9.42. The molecule has 10 heavy (non-hydrogen) atoms. The van der Waals surface area contributed by atoms with Crippen LogP contribution in [0, 0.1) is 10.7 Å². The summed E-state index contributed by atoms with van der Waals surface area (Å²) in [5.41, 5.74) is 0. The zero-order chi connectivity index (χ0) is 8.36. The second-order valence-electron chi connectivity index (χ2n) is 2.46. The quantitative estimate of drug-likeness (QED) is 0.618. The van der Waals surface area contributed by atoms with E-state index >= 15 is 0 Å². The summed E-state index contributed by atoms with van der Waals surface area (Å²) < 4.78 is 19.6. The molecule has 0 aromatic carbocycles. The molecule has 0 saturated carbocycles. The van der Waals surface area contributed by atoms with Crippen LogP contribution in [0.15, 0.2) is 0 Å². The number of rotatable bonds is 2. The van der Waals surface area contributed by atoms with Crippen LogP contribution in [-0.2, 0) is 14.7 Å². The minimum Gasteiger partial charge on any atom is -0.274 e. The number of amides is 1. The second-order valence-corrected chi connectivity index (χ2v) is 4.36. The van der Waals surface area contributed by atoms with Crippen molar-refractivity contribution >= 4 is 15.8 Å². The van der Waals surface area contributed by atoms with Gasteiger partial charge >= 0.3 is 0 Å². The molecule has 0 spiro atoms. The van der Waals surface area contributed by atoms with Crippen LogP contribution in [0.25, 0.3) is 0 Å². The fourth-order valence-electron chi connectivity index (χ4n) is 0.310. The lowest BCUT2D eigenvalue weighted by molar-refractivity contribution is -0.122. The number of hydrogen-bond acceptors (Lipinski definition) is 3. The van der Waals surface area contributed by atoms with E-state index in [0.29, 0.717) is 0 Å². The third kappa shape index (κ3) is 4.31. The van der Waals surface area contributed by atoms with Crippen LogP contribution in [0.1, 0.15) is 13.8 Å². The van der Waals surface area contributed by atoms with E-state index in [2.05, 4.69) is 4.72 Å². The van der Waals surface area contributed by atoms with E-state index in [1.807, 2.05) is 0 Å². The Morgan fingerprint density at radius 2 is 2.00 bits per heavy atom. The third-order valence-corrected chi connectivity index (χ3v) is 1.41. The Labute approximate surface area is 61.1 Å². The molecule has 0 heterocycles. The Balaban J connectivity index is 4.07. The normalized spacial score (nSPS) is 16.4. The van der Waals surface area contributed by atoms with Gasteiger partial charge in [0, 0.05) is 12.2 Å². The first-order chi connectivity index (χ1) is 4.33. The van der Waals surface area contributed by atoms with Gasteiger partial charge in [0.1, 0.15) is 9.92 Å². The molecule has 0 aromatic heterocycles. The largest absolute Gasteiger partial charge is 0.274 e. The molecule has 0 aliphatic rings. The third-order valence-electron chi connectivity index (χ3n) is 0.820. The zero-order valence-corrected chi connectivity index (χ0v) is 7.12. The Hall–Kier alpha value is -0.580. The first-order valence-electron chi connectivity index (χ1n) is 2.88. The molecule has 1 unspecified atom stereocenters.